The first-order valence-electron chi connectivity index (χ1n) is 14.5. The fraction of sp³-hybridized carbons (Fsp3) is 0.194. The number of carbonyl (C=O) groups is 3. The van der Waals surface area contributed by atoms with Crippen molar-refractivity contribution >= 4 is 35.4 Å². The number of hydrogen-bond acceptors (Lipinski definition) is 5. The molecule has 7 nitrogen and oxygen atoms in total. The van der Waals surface area contributed by atoms with Crippen molar-refractivity contribution in [2.45, 2.75) is 19.0 Å². The van der Waals surface area contributed by atoms with E-state index in [9.17, 15) is 14.4 Å². The Bertz CT molecular complexity index is 1560. The fourth-order valence-corrected chi connectivity index (χ4v) is 5.30. The van der Waals surface area contributed by atoms with Crippen molar-refractivity contribution in [3.63, 3.8) is 0 Å². The molecule has 0 spiro atoms. The van der Waals surface area contributed by atoms with Crippen LogP contribution < -0.4 is 16.0 Å². The van der Waals surface area contributed by atoms with Gasteiger partial charge < -0.3 is 16.0 Å². The number of Topliss-reactive ketones (excluding diaryl/α,β-unsaturated/α-hetero) is 1. The zero-order valence-electron chi connectivity index (χ0n) is 24.1. The molecule has 1 aliphatic heterocycles. The summed E-state index contributed by atoms with van der Waals surface area (Å²) in [6.45, 7) is 4.98. The van der Waals surface area contributed by atoms with E-state index in [1.54, 1.807) is 12.1 Å². The monoisotopic (exact) mass is 572 g/mol. The number of primary amides is 1. The van der Waals surface area contributed by atoms with Crippen LogP contribution in [-0.4, -0.2) is 54.7 Å². The van der Waals surface area contributed by atoms with Crippen LogP contribution >= 0.6 is 0 Å². The third kappa shape index (κ3) is 8.05. The molecule has 4 aromatic carbocycles. The molecule has 1 aliphatic rings. The molecule has 0 aliphatic carbocycles. The second kappa shape index (κ2) is 14.2. The first-order valence-corrected chi connectivity index (χ1v) is 14.5. The molecule has 218 valence electrons. The van der Waals surface area contributed by atoms with E-state index in [1.807, 2.05) is 54.6 Å². The molecule has 43 heavy (non-hydrogen) atoms. The number of nitrogens with two attached hydrogens (primary N) is 1. The van der Waals surface area contributed by atoms with Gasteiger partial charge in [0, 0.05) is 50.4 Å². The van der Waals surface area contributed by atoms with Crippen molar-refractivity contribution < 1.29 is 14.4 Å². The van der Waals surface area contributed by atoms with Crippen LogP contribution in [0.15, 0.2) is 109 Å². The number of hydrogen-bond donors (Lipinski definition) is 2. The van der Waals surface area contributed by atoms with Gasteiger partial charge in [0.25, 0.3) is 11.8 Å². The molecule has 4 aromatic rings. The summed E-state index contributed by atoms with van der Waals surface area (Å²) in [5.74, 6) is -2.35. The van der Waals surface area contributed by atoms with Gasteiger partial charge in [-0.15, -0.1) is 0 Å². The molecular formula is C36H36N4O3. The molecule has 1 heterocycles. The van der Waals surface area contributed by atoms with Gasteiger partial charge >= 0.3 is 0 Å². The maximum atomic E-state index is 13.3. The van der Waals surface area contributed by atoms with Crippen molar-refractivity contribution in [3.8, 4) is 0 Å². The Labute approximate surface area is 252 Å². The van der Waals surface area contributed by atoms with E-state index in [4.69, 9.17) is 5.73 Å². The maximum absolute atomic E-state index is 13.3. The summed E-state index contributed by atoms with van der Waals surface area (Å²) in [4.78, 5) is 42.4. The zero-order valence-corrected chi connectivity index (χ0v) is 24.1. The lowest BCUT2D eigenvalue weighted by atomic mass is 10.00. The van der Waals surface area contributed by atoms with Crippen LogP contribution in [0.5, 0.6) is 0 Å². The third-order valence-electron chi connectivity index (χ3n) is 7.69. The van der Waals surface area contributed by atoms with Crippen LogP contribution in [0.4, 0.5) is 5.69 Å². The van der Waals surface area contributed by atoms with Crippen LogP contribution in [0.2, 0.25) is 0 Å². The Hall–Kier alpha value is -5.01. The van der Waals surface area contributed by atoms with Gasteiger partial charge in [-0.25, -0.2) is 0 Å². The molecule has 5 rings (SSSR count). The lowest BCUT2D eigenvalue weighted by molar-refractivity contribution is -0.137. The zero-order chi connectivity index (χ0) is 30.0. The highest BCUT2D eigenvalue weighted by molar-refractivity contribution is 6.38. The first kappa shape index (κ1) is 29.5. The maximum Gasteiger partial charge on any atom is 0.287 e. The molecule has 0 saturated carbocycles. The Balaban J connectivity index is 1.20. The minimum Gasteiger partial charge on any atom is -0.369 e. The van der Waals surface area contributed by atoms with E-state index in [1.165, 1.54) is 11.3 Å². The second-order valence-corrected chi connectivity index (χ2v) is 10.7. The van der Waals surface area contributed by atoms with Gasteiger partial charge in [-0.05, 0) is 40.5 Å². The van der Waals surface area contributed by atoms with E-state index in [0.717, 1.165) is 43.9 Å². The van der Waals surface area contributed by atoms with E-state index in [0.29, 0.717) is 11.1 Å². The predicted molar refractivity (Wildman–Crippen MR) is 171 cm³/mol. The molecule has 2 amide bonds. The first-order chi connectivity index (χ1) is 21.0. The van der Waals surface area contributed by atoms with Crippen molar-refractivity contribution in [3.05, 3.63) is 137 Å². The molecule has 7 heteroatoms. The highest BCUT2D eigenvalue weighted by Gasteiger charge is 2.26. The summed E-state index contributed by atoms with van der Waals surface area (Å²) >= 11 is 0. The van der Waals surface area contributed by atoms with Gasteiger partial charge in [0.2, 0.25) is 5.78 Å². The molecule has 0 aromatic heterocycles. The smallest absolute Gasteiger partial charge is 0.287 e. The number of nitrogens with one attached hydrogen (secondary N) is 1. The number of carbonyl (C=O) groups excluding carboxylic acids is 3. The van der Waals surface area contributed by atoms with Crippen molar-refractivity contribution in [1.29, 1.82) is 0 Å². The summed E-state index contributed by atoms with van der Waals surface area (Å²) in [5.41, 5.74) is 10.7. The Kier molecular flexibility index (Phi) is 9.77. The second-order valence-electron chi connectivity index (χ2n) is 10.7. The number of ketones is 1. The van der Waals surface area contributed by atoms with E-state index >= 15 is 0 Å². The highest BCUT2D eigenvalue weighted by atomic mass is 16.2. The highest BCUT2D eigenvalue weighted by Crippen LogP contribution is 2.18. The van der Waals surface area contributed by atoms with E-state index in [-0.39, 0.29) is 6.42 Å². The van der Waals surface area contributed by atoms with Gasteiger partial charge in [-0.3, -0.25) is 19.3 Å². The summed E-state index contributed by atoms with van der Waals surface area (Å²) in [5, 5.41) is 2.73. The van der Waals surface area contributed by atoms with Gasteiger partial charge in [-0.1, -0.05) is 103 Å². The average Bonchev–Trinajstić information content (AvgIpc) is 3.05. The molecular weight excluding hydrogens is 536 g/mol. The standard InChI is InChI=1S/C36H36N4O3/c37-35(42)34(41)33(25-28-9-3-1-4-10-28)38-36(43)32-14-8-7-11-30(32)20-19-27-15-17-29(18-16-27)26-39-21-23-40(24-22-39)31-12-5-2-6-13-31/h1-20,33H,21-26H2,(H2,37,42)(H,38,43)/b20-19+. The quantitative estimate of drug-likeness (QED) is 0.203. The summed E-state index contributed by atoms with van der Waals surface area (Å²) in [7, 11) is 0. The molecule has 1 fully saturated rings. The Morgan fingerprint density at radius 2 is 1.35 bits per heavy atom. The summed E-state index contributed by atoms with van der Waals surface area (Å²) in [6, 6.07) is 34.3. The van der Waals surface area contributed by atoms with E-state index < -0.39 is 23.6 Å². The normalized spacial score (nSPS) is 14.4. The third-order valence-corrected chi connectivity index (χ3v) is 7.69. The minimum absolute atomic E-state index is 0.168. The van der Waals surface area contributed by atoms with Crippen LogP contribution in [-0.2, 0) is 22.6 Å². The number of piperazine rings is 1. The van der Waals surface area contributed by atoms with Crippen LogP contribution in [0.1, 0.15) is 32.6 Å². The van der Waals surface area contributed by atoms with Gasteiger partial charge in [0.05, 0.1) is 0 Å². The topological polar surface area (TPSA) is 95.7 Å². The minimum atomic E-state index is -1.08. The fourth-order valence-electron chi connectivity index (χ4n) is 5.30. The number of rotatable bonds is 11. The van der Waals surface area contributed by atoms with Crippen molar-refractivity contribution in [2.24, 2.45) is 5.73 Å². The van der Waals surface area contributed by atoms with Gasteiger partial charge in [0.1, 0.15) is 6.04 Å². The Morgan fingerprint density at radius 3 is 2.02 bits per heavy atom. The van der Waals surface area contributed by atoms with Crippen LogP contribution in [0, 0.1) is 0 Å². The number of anilines is 1. The van der Waals surface area contributed by atoms with Crippen molar-refractivity contribution in [2.75, 3.05) is 31.1 Å². The summed E-state index contributed by atoms with van der Waals surface area (Å²) < 4.78 is 0. The van der Waals surface area contributed by atoms with Gasteiger partial charge in [0.15, 0.2) is 0 Å². The van der Waals surface area contributed by atoms with Gasteiger partial charge in [-0.2, -0.15) is 0 Å². The lowest BCUT2D eigenvalue weighted by Gasteiger charge is -2.36. The number of para-hydroxylation sites is 1. The SMILES string of the molecule is NC(=O)C(=O)C(Cc1ccccc1)NC(=O)c1ccccc1/C=C/c1ccc(CN2CCN(c3ccccc3)CC2)cc1. The van der Waals surface area contributed by atoms with Crippen LogP contribution in [0.3, 0.4) is 0 Å². The largest absolute Gasteiger partial charge is 0.369 e. The molecule has 1 atom stereocenters. The molecule has 0 radical (unpaired) electrons. The Morgan fingerprint density at radius 1 is 0.721 bits per heavy atom. The molecule has 1 saturated heterocycles. The lowest BCUT2D eigenvalue weighted by Crippen LogP contribution is -2.47. The number of benzene rings is 4. The molecule has 0 bridgehead atoms. The molecule has 3 N–H and O–H groups in total. The average molecular weight is 573 g/mol. The van der Waals surface area contributed by atoms with Crippen molar-refractivity contribution in [1.82, 2.24) is 10.2 Å². The molecule has 1 unspecified atom stereocenters. The number of amides is 2. The summed E-state index contributed by atoms with van der Waals surface area (Å²) in [6.07, 6.45) is 4.01. The van der Waals surface area contributed by atoms with Crippen LogP contribution in [0.25, 0.3) is 12.2 Å². The number of nitrogens with zero attached hydrogens (tertiary/aromatic N) is 2. The van der Waals surface area contributed by atoms with E-state index in [2.05, 4.69) is 69.7 Å². The predicted octanol–water partition coefficient (Wildman–Crippen LogP) is 4.57.